The van der Waals surface area contributed by atoms with E-state index in [0.717, 1.165) is 12.1 Å². The SMILES string of the molecule is c1cc(-c2nn[nH]n2)cc(C2CCCCN2)c1. The summed E-state index contributed by atoms with van der Waals surface area (Å²) in [6.45, 7) is 1.11. The van der Waals surface area contributed by atoms with E-state index < -0.39 is 0 Å². The first-order valence-corrected chi connectivity index (χ1v) is 6.00. The van der Waals surface area contributed by atoms with Crippen LogP contribution < -0.4 is 5.32 Å². The molecule has 1 aromatic heterocycles. The van der Waals surface area contributed by atoms with Crippen LogP contribution in [0, 0.1) is 0 Å². The van der Waals surface area contributed by atoms with Crippen LogP contribution in [-0.4, -0.2) is 27.2 Å². The molecule has 1 unspecified atom stereocenters. The van der Waals surface area contributed by atoms with E-state index in [1.54, 1.807) is 0 Å². The predicted octanol–water partition coefficient (Wildman–Crippen LogP) is 1.68. The third-order valence-electron chi connectivity index (χ3n) is 3.20. The van der Waals surface area contributed by atoms with Crippen LogP contribution in [-0.2, 0) is 0 Å². The van der Waals surface area contributed by atoms with E-state index in [0.29, 0.717) is 11.9 Å². The van der Waals surface area contributed by atoms with Crippen LogP contribution in [0.1, 0.15) is 30.9 Å². The molecule has 2 aromatic rings. The number of hydrogen-bond acceptors (Lipinski definition) is 4. The van der Waals surface area contributed by atoms with Crippen molar-refractivity contribution in [3.63, 3.8) is 0 Å². The molecule has 1 aliphatic heterocycles. The third-order valence-corrected chi connectivity index (χ3v) is 3.20. The number of nitrogens with zero attached hydrogens (tertiary/aromatic N) is 3. The molecule has 0 aliphatic carbocycles. The van der Waals surface area contributed by atoms with Crippen molar-refractivity contribution < 1.29 is 0 Å². The van der Waals surface area contributed by atoms with Crippen molar-refractivity contribution in [2.24, 2.45) is 0 Å². The predicted molar refractivity (Wildman–Crippen MR) is 64.2 cm³/mol. The molecule has 1 fully saturated rings. The number of benzene rings is 1. The summed E-state index contributed by atoms with van der Waals surface area (Å²) in [5.74, 6) is 0.655. The Hall–Kier alpha value is -1.75. The topological polar surface area (TPSA) is 66.5 Å². The fourth-order valence-electron chi connectivity index (χ4n) is 2.31. The van der Waals surface area contributed by atoms with Gasteiger partial charge >= 0.3 is 0 Å². The van der Waals surface area contributed by atoms with Gasteiger partial charge in [-0.25, -0.2) is 0 Å². The van der Waals surface area contributed by atoms with Crippen LogP contribution >= 0.6 is 0 Å². The second-order valence-corrected chi connectivity index (χ2v) is 4.36. The Bertz CT molecular complexity index is 473. The second-order valence-electron chi connectivity index (χ2n) is 4.36. The van der Waals surface area contributed by atoms with Crippen LogP contribution in [0.4, 0.5) is 0 Å². The van der Waals surface area contributed by atoms with Gasteiger partial charge < -0.3 is 5.32 Å². The van der Waals surface area contributed by atoms with E-state index in [4.69, 9.17) is 0 Å². The van der Waals surface area contributed by atoms with Crippen molar-refractivity contribution in [1.29, 1.82) is 0 Å². The Morgan fingerprint density at radius 1 is 1.24 bits per heavy atom. The van der Waals surface area contributed by atoms with Gasteiger partial charge in [-0.3, -0.25) is 0 Å². The lowest BCUT2D eigenvalue weighted by molar-refractivity contribution is 0.412. The monoisotopic (exact) mass is 229 g/mol. The van der Waals surface area contributed by atoms with Gasteiger partial charge in [-0.15, -0.1) is 10.2 Å². The van der Waals surface area contributed by atoms with Crippen molar-refractivity contribution in [2.75, 3.05) is 6.54 Å². The van der Waals surface area contributed by atoms with E-state index >= 15 is 0 Å². The Morgan fingerprint density at radius 2 is 2.24 bits per heavy atom. The molecule has 0 amide bonds. The first kappa shape index (κ1) is 10.4. The van der Waals surface area contributed by atoms with E-state index in [-0.39, 0.29) is 0 Å². The van der Waals surface area contributed by atoms with Crippen LogP contribution in [0.25, 0.3) is 11.4 Å². The number of aromatic nitrogens is 4. The number of H-pyrrole nitrogens is 1. The van der Waals surface area contributed by atoms with Crippen molar-refractivity contribution in [3.8, 4) is 11.4 Å². The summed E-state index contributed by atoms with van der Waals surface area (Å²) in [5, 5.41) is 17.6. The summed E-state index contributed by atoms with van der Waals surface area (Å²) < 4.78 is 0. The third kappa shape index (κ3) is 2.19. The largest absolute Gasteiger partial charge is 0.310 e. The van der Waals surface area contributed by atoms with Gasteiger partial charge in [-0.1, -0.05) is 24.6 Å². The zero-order valence-electron chi connectivity index (χ0n) is 9.56. The molecule has 1 aromatic carbocycles. The zero-order valence-corrected chi connectivity index (χ0v) is 9.56. The molecule has 1 aliphatic rings. The minimum atomic E-state index is 0.468. The number of aromatic amines is 1. The highest BCUT2D eigenvalue weighted by Gasteiger charge is 2.15. The first-order chi connectivity index (χ1) is 8.43. The van der Waals surface area contributed by atoms with Crippen LogP contribution in [0.3, 0.4) is 0 Å². The molecule has 2 N–H and O–H groups in total. The average molecular weight is 229 g/mol. The fourth-order valence-corrected chi connectivity index (χ4v) is 2.31. The number of hydrogen-bond donors (Lipinski definition) is 2. The summed E-state index contributed by atoms with van der Waals surface area (Å²) in [6, 6.07) is 8.84. The van der Waals surface area contributed by atoms with Crippen LogP contribution in [0.5, 0.6) is 0 Å². The number of tetrazole rings is 1. The molecule has 5 nitrogen and oxygen atoms in total. The van der Waals surface area contributed by atoms with Crippen LogP contribution in [0.15, 0.2) is 24.3 Å². The van der Waals surface area contributed by atoms with Crippen molar-refractivity contribution >= 4 is 0 Å². The van der Waals surface area contributed by atoms with Gasteiger partial charge in [0.15, 0.2) is 0 Å². The number of rotatable bonds is 2. The zero-order chi connectivity index (χ0) is 11.5. The van der Waals surface area contributed by atoms with Gasteiger partial charge in [0.1, 0.15) is 0 Å². The maximum absolute atomic E-state index is 4.01. The van der Waals surface area contributed by atoms with Gasteiger partial charge in [0.05, 0.1) is 0 Å². The van der Waals surface area contributed by atoms with E-state index in [9.17, 15) is 0 Å². The maximum Gasteiger partial charge on any atom is 0.204 e. The summed E-state index contributed by atoms with van der Waals surface area (Å²) in [7, 11) is 0. The summed E-state index contributed by atoms with van der Waals surface area (Å²) in [6.07, 6.45) is 3.78. The van der Waals surface area contributed by atoms with Crippen molar-refractivity contribution in [2.45, 2.75) is 25.3 Å². The van der Waals surface area contributed by atoms with Gasteiger partial charge in [0.2, 0.25) is 5.82 Å². The highest BCUT2D eigenvalue weighted by Crippen LogP contribution is 2.25. The Labute approximate surface area is 99.6 Å². The lowest BCUT2D eigenvalue weighted by atomic mass is 9.96. The van der Waals surface area contributed by atoms with Crippen LogP contribution in [0.2, 0.25) is 0 Å². The Morgan fingerprint density at radius 3 is 3.00 bits per heavy atom. The average Bonchev–Trinajstić information content (AvgIpc) is 2.94. The highest BCUT2D eigenvalue weighted by molar-refractivity contribution is 5.55. The lowest BCUT2D eigenvalue weighted by Gasteiger charge is -2.24. The molecule has 5 heteroatoms. The normalized spacial score (nSPS) is 20.4. The van der Waals surface area contributed by atoms with Crippen molar-refractivity contribution in [1.82, 2.24) is 25.9 Å². The second kappa shape index (κ2) is 4.63. The van der Waals surface area contributed by atoms with E-state index in [1.165, 1.54) is 24.8 Å². The summed E-state index contributed by atoms with van der Waals surface area (Å²) in [4.78, 5) is 0. The quantitative estimate of drug-likeness (QED) is 0.822. The molecule has 1 saturated heterocycles. The molecular weight excluding hydrogens is 214 g/mol. The van der Waals surface area contributed by atoms with E-state index in [1.807, 2.05) is 6.07 Å². The molecule has 1 atom stereocenters. The molecule has 0 saturated carbocycles. The molecule has 0 bridgehead atoms. The summed E-state index contributed by atoms with van der Waals surface area (Å²) >= 11 is 0. The molecule has 3 rings (SSSR count). The summed E-state index contributed by atoms with van der Waals surface area (Å²) in [5.41, 5.74) is 2.33. The smallest absolute Gasteiger partial charge is 0.204 e. The molecule has 0 radical (unpaired) electrons. The number of nitrogens with one attached hydrogen (secondary N) is 2. The Balaban J connectivity index is 1.88. The standard InChI is InChI=1S/C12H15N5/c1-2-7-13-11(6-1)9-4-3-5-10(8-9)12-14-16-17-15-12/h3-5,8,11,13H,1-2,6-7H2,(H,14,15,16,17). The molecule has 0 spiro atoms. The van der Waals surface area contributed by atoms with Gasteiger partial charge in [0.25, 0.3) is 0 Å². The molecular formula is C12H15N5. The maximum atomic E-state index is 4.01. The number of piperidine rings is 1. The van der Waals surface area contributed by atoms with Gasteiger partial charge in [-0.05, 0) is 36.2 Å². The minimum Gasteiger partial charge on any atom is -0.310 e. The molecule has 17 heavy (non-hydrogen) atoms. The van der Waals surface area contributed by atoms with Gasteiger partial charge in [-0.2, -0.15) is 5.21 Å². The molecule has 2 heterocycles. The first-order valence-electron chi connectivity index (χ1n) is 6.00. The minimum absolute atomic E-state index is 0.468. The van der Waals surface area contributed by atoms with Crippen molar-refractivity contribution in [3.05, 3.63) is 29.8 Å². The lowest BCUT2D eigenvalue weighted by Crippen LogP contribution is -2.26. The van der Waals surface area contributed by atoms with E-state index in [2.05, 4.69) is 44.1 Å². The Kier molecular flexibility index (Phi) is 2.83. The van der Waals surface area contributed by atoms with Gasteiger partial charge in [0, 0.05) is 11.6 Å². The fraction of sp³-hybridized carbons (Fsp3) is 0.417. The molecule has 88 valence electrons. The highest BCUT2D eigenvalue weighted by atomic mass is 15.5.